The van der Waals surface area contributed by atoms with Gasteiger partial charge in [-0.05, 0) is 49.9 Å². The maximum atomic E-state index is 12.2. The number of carbonyl (C=O) groups is 1. The van der Waals surface area contributed by atoms with Crippen molar-refractivity contribution in [2.75, 3.05) is 20.1 Å². The van der Waals surface area contributed by atoms with Crippen LogP contribution in [0.3, 0.4) is 0 Å². The molecule has 0 bridgehead atoms. The summed E-state index contributed by atoms with van der Waals surface area (Å²) in [5.41, 5.74) is 1.16. The molecule has 3 nitrogen and oxygen atoms in total. The van der Waals surface area contributed by atoms with E-state index in [1.54, 1.807) is 0 Å². The first kappa shape index (κ1) is 18.5. The Bertz CT molecular complexity index is 450. The molecule has 1 heterocycles. The van der Waals surface area contributed by atoms with Crippen LogP contribution in [0.4, 0.5) is 0 Å². The quantitative estimate of drug-likeness (QED) is 0.852. The third-order valence-electron chi connectivity index (χ3n) is 4.02. The molecule has 1 N–H and O–H groups in total. The van der Waals surface area contributed by atoms with E-state index in [1.807, 2.05) is 30.1 Å². The predicted octanol–water partition coefficient (Wildman–Crippen LogP) is 3.61. The lowest BCUT2D eigenvalue weighted by Gasteiger charge is -2.24. The number of hydrogen-bond acceptors (Lipinski definition) is 2. The van der Waals surface area contributed by atoms with Crippen molar-refractivity contribution in [1.82, 2.24) is 10.2 Å². The van der Waals surface area contributed by atoms with Gasteiger partial charge in [0.25, 0.3) is 0 Å². The molecule has 1 fully saturated rings. The fourth-order valence-corrected chi connectivity index (χ4v) is 3.07. The Morgan fingerprint density at radius 1 is 1.33 bits per heavy atom. The summed E-state index contributed by atoms with van der Waals surface area (Å²) in [7, 11) is 1.89. The van der Waals surface area contributed by atoms with Crippen LogP contribution in [-0.2, 0) is 11.3 Å². The van der Waals surface area contributed by atoms with Crippen molar-refractivity contribution in [3.05, 3.63) is 34.3 Å². The minimum atomic E-state index is 0. The summed E-state index contributed by atoms with van der Waals surface area (Å²) >= 11 is 3.53. The van der Waals surface area contributed by atoms with Crippen LogP contribution in [0.2, 0.25) is 0 Å². The van der Waals surface area contributed by atoms with Crippen LogP contribution >= 0.6 is 28.3 Å². The fourth-order valence-electron chi connectivity index (χ4n) is 2.66. The summed E-state index contributed by atoms with van der Waals surface area (Å²) in [4.78, 5) is 14.0. The largest absolute Gasteiger partial charge is 0.341 e. The second-order valence-corrected chi connectivity index (χ2v) is 6.43. The van der Waals surface area contributed by atoms with Crippen molar-refractivity contribution in [2.24, 2.45) is 5.92 Å². The molecule has 0 aliphatic carbocycles. The molecule has 0 saturated carbocycles. The highest BCUT2D eigenvalue weighted by Crippen LogP contribution is 2.20. The topological polar surface area (TPSA) is 32.3 Å². The number of nitrogens with zero attached hydrogens (tertiary/aromatic N) is 1. The zero-order valence-corrected chi connectivity index (χ0v) is 14.9. The van der Waals surface area contributed by atoms with E-state index in [0.717, 1.165) is 35.5 Å². The number of benzene rings is 1. The number of piperidine rings is 1. The number of nitrogens with one attached hydrogen (secondary N) is 1. The second kappa shape index (κ2) is 9.44. The molecule has 0 atom stereocenters. The highest BCUT2D eigenvalue weighted by atomic mass is 79.9. The van der Waals surface area contributed by atoms with Gasteiger partial charge in [0.2, 0.25) is 5.91 Å². The SMILES string of the molecule is CN(Cc1ccccc1Br)C(=O)CCC1CCNCC1.Cl. The smallest absolute Gasteiger partial charge is 0.222 e. The summed E-state index contributed by atoms with van der Waals surface area (Å²) in [6.07, 6.45) is 4.12. The van der Waals surface area contributed by atoms with Crippen molar-refractivity contribution in [2.45, 2.75) is 32.2 Å². The van der Waals surface area contributed by atoms with Crippen LogP contribution in [0, 0.1) is 5.92 Å². The van der Waals surface area contributed by atoms with Gasteiger partial charge in [0.05, 0.1) is 0 Å². The predicted molar refractivity (Wildman–Crippen MR) is 92.7 cm³/mol. The highest BCUT2D eigenvalue weighted by molar-refractivity contribution is 9.10. The van der Waals surface area contributed by atoms with Crippen LogP contribution in [0.5, 0.6) is 0 Å². The third-order valence-corrected chi connectivity index (χ3v) is 4.79. The van der Waals surface area contributed by atoms with Crippen LogP contribution < -0.4 is 5.32 Å². The maximum absolute atomic E-state index is 12.2. The fraction of sp³-hybridized carbons (Fsp3) is 0.562. The molecule has 1 aromatic rings. The second-order valence-electron chi connectivity index (χ2n) is 5.57. The van der Waals surface area contributed by atoms with E-state index >= 15 is 0 Å². The van der Waals surface area contributed by atoms with E-state index < -0.39 is 0 Å². The van der Waals surface area contributed by atoms with Gasteiger partial charge in [0.1, 0.15) is 0 Å². The van der Waals surface area contributed by atoms with Crippen molar-refractivity contribution in [3.63, 3.8) is 0 Å². The average molecular weight is 376 g/mol. The van der Waals surface area contributed by atoms with Crippen LogP contribution in [0.1, 0.15) is 31.2 Å². The van der Waals surface area contributed by atoms with E-state index in [4.69, 9.17) is 0 Å². The van der Waals surface area contributed by atoms with Crippen molar-refractivity contribution < 1.29 is 4.79 Å². The lowest BCUT2D eigenvalue weighted by atomic mass is 9.93. The number of halogens is 2. The number of amides is 1. The molecule has 1 saturated heterocycles. The molecule has 5 heteroatoms. The van der Waals surface area contributed by atoms with Crippen molar-refractivity contribution >= 4 is 34.2 Å². The number of rotatable bonds is 5. The summed E-state index contributed by atoms with van der Waals surface area (Å²) in [6, 6.07) is 8.07. The molecule has 118 valence electrons. The molecule has 21 heavy (non-hydrogen) atoms. The van der Waals surface area contributed by atoms with Gasteiger partial charge in [-0.2, -0.15) is 0 Å². The van der Waals surface area contributed by atoms with Crippen molar-refractivity contribution in [3.8, 4) is 0 Å². The molecule has 1 aliphatic rings. The van der Waals surface area contributed by atoms with Crippen LogP contribution in [-0.4, -0.2) is 30.9 Å². The molecule has 2 rings (SSSR count). The lowest BCUT2D eigenvalue weighted by molar-refractivity contribution is -0.130. The van der Waals surface area contributed by atoms with E-state index in [0.29, 0.717) is 13.0 Å². The van der Waals surface area contributed by atoms with Gasteiger partial charge in [-0.1, -0.05) is 34.1 Å². The van der Waals surface area contributed by atoms with Gasteiger partial charge >= 0.3 is 0 Å². The van der Waals surface area contributed by atoms with E-state index in [2.05, 4.69) is 27.3 Å². The molecule has 1 aliphatic heterocycles. The molecule has 0 radical (unpaired) electrons. The molecular weight excluding hydrogens is 352 g/mol. The Morgan fingerprint density at radius 2 is 2.00 bits per heavy atom. The Kier molecular flexibility index (Phi) is 8.30. The number of hydrogen-bond donors (Lipinski definition) is 1. The first-order valence-corrected chi connectivity index (χ1v) is 8.14. The standard InChI is InChI=1S/C16H23BrN2O.ClH/c1-19(12-14-4-2-3-5-15(14)17)16(20)7-6-13-8-10-18-11-9-13;/h2-5,13,18H,6-12H2,1H3;1H. The van der Waals surface area contributed by atoms with E-state index in [1.165, 1.54) is 12.8 Å². The summed E-state index contributed by atoms with van der Waals surface area (Å²) in [5.74, 6) is 0.969. The number of carbonyl (C=O) groups excluding carboxylic acids is 1. The van der Waals surface area contributed by atoms with Gasteiger partial charge < -0.3 is 10.2 Å². The summed E-state index contributed by atoms with van der Waals surface area (Å²) in [6.45, 7) is 2.88. The molecular formula is C16H24BrClN2O. The molecule has 0 aromatic heterocycles. The van der Waals surface area contributed by atoms with Crippen LogP contribution in [0.25, 0.3) is 0 Å². The van der Waals surface area contributed by atoms with Crippen LogP contribution in [0.15, 0.2) is 28.7 Å². The average Bonchev–Trinajstić information content (AvgIpc) is 2.48. The normalized spacial score (nSPS) is 15.3. The van der Waals surface area contributed by atoms with E-state index in [-0.39, 0.29) is 18.3 Å². The summed E-state index contributed by atoms with van der Waals surface area (Å²) in [5, 5.41) is 3.36. The maximum Gasteiger partial charge on any atom is 0.222 e. The Balaban J connectivity index is 0.00000220. The first-order chi connectivity index (χ1) is 9.66. The Morgan fingerprint density at radius 3 is 2.67 bits per heavy atom. The minimum absolute atomic E-state index is 0. The van der Waals surface area contributed by atoms with Gasteiger partial charge in [-0.25, -0.2) is 0 Å². The monoisotopic (exact) mass is 374 g/mol. The first-order valence-electron chi connectivity index (χ1n) is 7.35. The highest BCUT2D eigenvalue weighted by Gasteiger charge is 2.16. The van der Waals surface area contributed by atoms with E-state index in [9.17, 15) is 4.79 Å². The van der Waals surface area contributed by atoms with Gasteiger partial charge in [0.15, 0.2) is 0 Å². The lowest BCUT2D eigenvalue weighted by Crippen LogP contribution is -2.30. The molecule has 0 spiro atoms. The zero-order valence-electron chi connectivity index (χ0n) is 12.5. The van der Waals surface area contributed by atoms with Crippen molar-refractivity contribution in [1.29, 1.82) is 0 Å². The molecule has 1 amide bonds. The molecule has 1 aromatic carbocycles. The zero-order chi connectivity index (χ0) is 14.4. The van der Waals surface area contributed by atoms with Gasteiger partial charge in [-0.15, -0.1) is 12.4 Å². The molecule has 0 unspecified atom stereocenters. The minimum Gasteiger partial charge on any atom is -0.341 e. The van der Waals surface area contributed by atoms with Gasteiger partial charge in [-0.3, -0.25) is 4.79 Å². The Labute approximate surface area is 142 Å². The third kappa shape index (κ3) is 5.97. The Hall–Kier alpha value is -0.580. The summed E-state index contributed by atoms with van der Waals surface area (Å²) < 4.78 is 1.07. The van der Waals surface area contributed by atoms with Gasteiger partial charge in [0, 0.05) is 24.5 Å².